The van der Waals surface area contributed by atoms with Crippen molar-refractivity contribution in [3.8, 4) is 0 Å². The molecule has 0 N–H and O–H groups in total. The van der Waals surface area contributed by atoms with Gasteiger partial charge in [0.05, 0.1) is 0 Å². The zero-order chi connectivity index (χ0) is 4.83. The molecule has 0 aromatic rings. The predicted molar refractivity (Wildman–Crippen MR) is 45.6 cm³/mol. The molecular weight excluding hydrogens is 201 g/mol. The Morgan fingerprint density at radius 1 is 1.30 bits per heavy atom. The maximum absolute atomic E-state index is 4.68. The Morgan fingerprint density at radius 3 is 1.80 bits per heavy atom. The van der Waals surface area contributed by atoms with E-state index in [9.17, 15) is 0 Å². The van der Waals surface area contributed by atoms with E-state index in [1.165, 1.54) is 0 Å². The second-order valence-electron chi connectivity index (χ2n) is 0.993. The van der Waals surface area contributed by atoms with Crippen molar-refractivity contribution in [3.05, 3.63) is 12.7 Å². The SMILES string of the molecule is C.C.C.C=[C-]CCOC.[Y]. The van der Waals surface area contributed by atoms with Gasteiger partial charge in [0.15, 0.2) is 0 Å². The molecule has 0 aliphatic carbocycles. The Kier molecular flexibility index (Phi) is 102. The number of rotatable bonds is 3. The Labute approximate surface area is 92.1 Å². The number of methoxy groups -OCH3 is 1. The van der Waals surface area contributed by atoms with Gasteiger partial charge in [-0.05, 0) is 0 Å². The first kappa shape index (κ1) is 30.8. The standard InChI is InChI=1S/C5H9O.3CH4.Y/c1-3-4-5-6-2;;;;/h1,4-5H2,2H3;3*1H4;/q-1;;;;. The van der Waals surface area contributed by atoms with Crippen molar-refractivity contribution in [1.82, 2.24) is 0 Å². The quantitative estimate of drug-likeness (QED) is 0.527. The van der Waals surface area contributed by atoms with Gasteiger partial charge in [-0.1, -0.05) is 22.3 Å². The van der Waals surface area contributed by atoms with Crippen molar-refractivity contribution in [2.45, 2.75) is 28.7 Å². The smallest absolute Gasteiger partial charge is 0.0353 e. The molecule has 0 atom stereocenters. The summed E-state index contributed by atoms with van der Waals surface area (Å²) in [6, 6.07) is 0. The number of ether oxygens (including phenoxy) is 1. The minimum atomic E-state index is 0. The van der Waals surface area contributed by atoms with Crippen LogP contribution in [0.4, 0.5) is 0 Å². The summed E-state index contributed by atoms with van der Waals surface area (Å²) >= 11 is 0. The van der Waals surface area contributed by atoms with Gasteiger partial charge in [-0.15, -0.1) is 0 Å². The molecule has 0 fully saturated rings. The third-order valence-corrected chi connectivity index (χ3v) is 0.483. The molecule has 1 nitrogen and oxygen atoms in total. The topological polar surface area (TPSA) is 9.23 Å². The van der Waals surface area contributed by atoms with Crippen molar-refractivity contribution >= 4 is 0 Å². The molecule has 2 heteroatoms. The van der Waals surface area contributed by atoms with Gasteiger partial charge in [0, 0.05) is 46.4 Å². The van der Waals surface area contributed by atoms with Crippen LogP contribution in [0.3, 0.4) is 0 Å². The molecule has 0 saturated heterocycles. The third kappa shape index (κ3) is 37.1. The molecule has 0 saturated carbocycles. The summed E-state index contributed by atoms with van der Waals surface area (Å²) in [6.07, 6.45) is 3.52. The second-order valence-corrected chi connectivity index (χ2v) is 0.993. The van der Waals surface area contributed by atoms with Crippen LogP contribution < -0.4 is 0 Å². The molecule has 10 heavy (non-hydrogen) atoms. The van der Waals surface area contributed by atoms with E-state index in [-0.39, 0.29) is 55.0 Å². The Morgan fingerprint density at radius 2 is 1.70 bits per heavy atom. The fraction of sp³-hybridized carbons (Fsp3) is 0.750. The van der Waals surface area contributed by atoms with Crippen LogP contribution in [0.1, 0.15) is 28.7 Å². The van der Waals surface area contributed by atoms with Crippen LogP contribution in [0.25, 0.3) is 0 Å². The van der Waals surface area contributed by atoms with Crippen molar-refractivity contribution in [2.24, 2.45) is 0 Å². The molecule has 0 rings (SSSR count). The summed E-state index contributed by atoms with van der Waals surface area (Å²) in [5, 5.41) is 0. The van der Waals surface area contributed by atoms with Crippen LogP contribution in [0.2, 0.25) is 0 Å². The van der Waals surface area contributed by atoms with Crippen molar-refractivity contribution < 1.29 is 37.4 Å². The van der Waals surface area contributed by atoms with Gasteiger partial charge in [0.2, 0.25) is 0 Å². The fourth-order valence-corrected chi connectivity index (χ4v) is 0.174. The van der Waals surface area contributed by atoms with Gasteiger partial charge in [0.1, 0.15) is 0 Å². The predicted octanol–water partition coefficient (Wildman–Crippen LogP) is 2.92. The van der Waals surface area contributed by atoms with E-state index in [0.29, 0.717) is 0 Å². The van der Waals surface area contributed by atoms with Crippen molar-refractivity contribution in [1.29, 1.82) is 0 Å². The number of hydrogen-bond acceptors (Lipinski definition) is 1. The van der Waals surface area contributed by atoms with E-state index >= 15 is 0 Å². The molecule has 0 heterocycles. The molecular formula is C8H21OY-. The first-order chi connectivity index (χ1) is 2.91. The molecule has 1 radical (unpaired) electrons. The average molecular weight is 222 g/mol. The summed E-state index contributed by atoms with van der Waals surface area (Å²) < 4.78 is 4.68. The van der Waals surface area contributed by atoms with E-state index < -0.39 is 0 Å². The van der Waals surface area contributed by atoms with E-state index in [1.807, 2.05) is 0 Å². The monoisotopic (exact) mass is 222 g/mol. The van der Waals surface area contributed by atoms with E-state index in [4.69, 9.17) is 0 Å². The van der Waals surface area contributed by atoms with Crippen LogP contribution in [-0.4, -0.2) is 13.7 Å². The van der Waals surface area contributed by atoms with Gasteiger partial charge in [-0.3, -0.25) is 6.58 Å². The molecule has 0 bridgehead atoms. The zero-order valence-corrected chi connectivity index (χ0v) is 7.45. The van der Waals surface area contributed by atoms with E-state index in [2.05, 4.69) is 17.4 Å². The Balaban J connectivity index is -0.0000000208. The van der Waals surface area contributed by atoms with Gasteiger partial charge in [0.25, 0.3) is 0 Å². The summed E-state index contributed by atoms with van der Waals surface area (Å²) in [4.78, 5) is 0. The molecule has 0 unspecified atom stereocenters. The minimum Gasteiger partial charge on any atom is -0.502 e. The summed E-state index contributed by atoms with van der Waals surface area (Å²) in [5.74, 6) is 0. The molecule has 0 spiro atoms. The average Bonchev–Trinajstić information content (AvgIpc) is 1.61. The maximum atomic E-state index is 4.68. The number of hydrogen-bond donors (Lipinski definition) is 0. The van der Waals surface area contributed by atoms with Crippen molar-refractivity contribution in [3.63, 3.8) is 0 Å². The van der Waals surface area contributed by atoms with Gasteiger partial charge >= 0.3 is 0 Å². The molecule has 63 valence electrons. The van der Waals surface area contributed by atoms with Crippen LogP contribution >= 0.6 is 0 Å². The fourth-order valence-electron chi connectivity index (χ4n) is 0.174. The molecule has 0 aliphatic rings. The first-order valence-electron chi connectivity index (χ1n) is 1.90. The van der Waals surface area contributed by atoms with Gasteiger partial charge < -0.3 is 10.8 Å². The second kappa shape index (κ2) is 32.9. The Bertz CT molecular complexity index is 38.2. The van der Waals surface area contributed by atoms with Crippen LogP contribution in [0, 0.1) is 6.08 Å². The van der Waals surface area contributed by atoms with E-state index in [1.54, 1.807) is 7.11 Å². The molecule has 0 aromatic heterocycles. The first-order valence-corrected chi connectivity index (χ1v) is 1.90. The normalized spacial score (nSPS) is 4.90. The molecule has 0 amide bonds. The maximum Gasteiger partial charge on any atom is 0.0353 e. The third-order valence-electron chi connectivity index (χ3n) is 0.483. The minimum absolute atomic E-state index is 0. The van der Waals surface area contributed by atoms with Crippen LogP contribution in [0.15, 0.2) is 6.58 Å². The molecule has 0 aliphatic heterocycles. The van der Waals surface area contributed by atoms with Gasteiger partial charge in [-0.25, -0.2) is 0 Å². The molecule has 0 aromatic carbocycles. The van der Waals surface area contributed by atoms with Crippen LogP contribution in [0.5, 0.6) is 0 Å². The summed E-state index contributed by atoms with van der Waals surface area (Å²) in [5.41, 5.74) is 0. The summed E-state index contributed by atoms with van der Waals surface area (Å²) in [7, 11) is 1.66. The van der Waals surface area contributed by atoms with Crippen LogP contribution in [-0.2, 0) is 37.4 Å². The van der Waals surface area contributed by atoms with Gasteiger partial charge in [-0.2, -0.15) is 6.42 Å². The Hall–Kier alpha value is 0.804. The summed E-state index contributed by atoms with van der Waals surface area (Å²) in [6.45, 7) is 4.13. The zero-order valence-electron chi connectivity index (χ0n) is 4.61. The van der Waals surface area contributed by atoms with Crippen molar-refractivity contribution in [2.75, 3.05) is 13.7 Å². The van der Waals surface area contributed by atoms with E-state index in [0.717, 1.165) is 13.0 Å². The largest absolute Gasteiger partial charge is 0.502 e.